The number of carbonyl (C=O) groups is 1. The van der Waals surface area contributed by atoms with E-state index in [4.69, 9.17) is 16.3 Å². The van der Waals surface area contributed by atoms with E-state index >= 15 is 0 Å². The minimum atomic E-state index is -0.629. The molecule has 1 aromatic heterocycles. The number of aromatic nitrogens is 2. The minimum Gasteiger partial charge on any atom is -0.464 e. The summed E-state index contributed by atoms with van der Waals surface area (Å²) in [4.78, 5) is 20.8. The summed E-state index contributed by atoms with van der Waals surface area (Å²) in [5.74, 6) is -0.718. The molecular weight excluding hydrogens is 388 g/mol. The molecule has 0 unspecified atom stereocenters. The first-order valence-electron chi connectivity index (χ1n) is 8.99. The number of benzene rings is 1. The van der Waals surface area contributed by atoms with Gasteiger partial charge >= 0.3 is 5.97 Å². The third-order valence-corrected chi connectivity index (χ3v) is 5.25. The fourth-order valence-electron chi connectivity index (χ4n) is 2.89. The van der Waals surface area contributed by atoms with Crippen LogP contribution in [0.2, 0.25) is 5.02 Å². The molecule has 146 valence electrons. The number of esters is 1. The molecule has 0 bridgehead atoms. The lowest BCUT2D eigenvalue weighted by Gasteiger charge is -2.17. The molecule has 1 heterocycles. The van der Waals surface area contributed by atoms with Crippen LogP contribution >= 0.6 is 11.6 Å². The van der Waals surface area contributed by atoms with Crippen molar-refractivity contribution >= 4 is 29.5 Å². The van der Waals surface area contributed by atoms with E-state index in [1.54, 1.807) is 6.08 Å². The zero-order valence-electron chi connectivity index (χ0n) is 15.1. The molecule has 2 aromatic rings. The Morgan fingerprint density at radius 3 is 2.68 bits per heavy atom. The minimum absolute atomic E-state index is 0.0351. The zero-order valence-corrected chi connectivity index (χ0v) is 15.9. The number of methoxy groups -OCH3 is 1. The molecule has 1 N–H and O–H groups in total. The number of halogens is 3. The van der Waals surface area contributed by atoms with E-state index in [0.717, 1.165) is 31.7 Å². The summed E-state index contributed by atoms with van der Waals surface area (Å²) in [6.45, 7) is 0. The number of rotatable bonds is 6. The van der Waals surface area contributed by atoms with E-state index in [-0.39, 0.29) is 22.2 Å². The molecule has 0 saturated heterocycles. The Morgan fingerprint density at radius 1 is 1.32 bits per heavy atom. The highest BCUT2D eigenvalue weighted by molar-refractivity contribution is 6.35. The van der Waals surface area contributed by atoms with Crippen LogP contribution in [0.4, 0.5) is 14.6 Å². The molecule has 0 spiro atoms. The van der Waals surface area contributed by atoms with Crippen LogP contribution in [-0.2, 0) is 4.74 Å². The molecule has 0 aliphatic heterocycles. The van der Waals surface area contributed by atoms with E-state index in [1.807, 2.05) is 6.08 Å². The summed E-state index contributed by atoms with van der Waals surface area (Å²) in [6.07, 6.45) is 6.94. The SMILES string of the molecule is COC(=O)c1nc(C2CC2)nc(NC2(C=Cc3ccc(F)cc3F)CC2)c1Cl. The average molecular weight is 406 g/mol. The topological polar surface area (TPSA) is 64.1 Å². The second-order valence-corrected chi connectivity index (χ2v) is 7.52. The Labute approximate surface area is 165 Å². The van der Waals surface area contributed by atoms with Crippen LogP contribution in [0.3, 0.4) is 0 Å². The number of nitrogens with one attached hydrogen (secondary N) is 1. The summed E-state index contributed by atoms with van der Waals surface area (Å²) in [7, 11) is 1.27. The molecule has 28 heavy (non-hydrogen) atoms. The van der Waals surface area contributed by atoms with Gasteiger partial charge in [0.25, 0.3) is 0 Å². The van der Waals surface area contributed by atoms with Gasteiger partial charge in [-0.3, -0.25) is 0 Å². The molecule has 2 aliphatic rings. The first kappa shape index (κ1) is 18.8. The molecule has 0 atom stereocenters. The predicted octanol–water partition coefficient (Wildman–Crippen LogP) is 4.73. The smallest absolute Gasteiger partial charge is 0.358 e. The van der Waals surface area contributed by atoms with E-state index in [9.17, 15) is 13.6 Å². The Morgan fingerprint density at radius 2 is 2.07 bits per heavy atom. The monoisotopic (exact) mass is 405 g/mol. The van der Waals surface area contributed by atoms with Gasteiger partial charge in [0, 0.05) is 17.5 Å². The van der Waals surface area contributed by atoms with Crippen molar-refractivity contribution in [3.63, 3.8) is 0 Å². The first-order chi connectivity index (χ1) is 13.4. The second-order valence-electron chi connectivity index (χ2n) is 7.14. The van der Waals surface area contributed by atoms with E-state index in [0.29, 0.717) is 11.6 Å². The third-order valence-electron chi connectivity index (χ3n) is 4.89. The highest BCUT2D eigenvalue weighted by Gasteiger charge is 2.42. The normalized spacial score (nSPS) is 17.6. The molecule has 4 rings (SSSR count). The second kappa shape index (κ2) is 7.13. The standard InChI is InChI=1S/C20H18ClF2N3O2/c1-28-19(27)16-15(21)18(25-17(24-16)12-2-3-12)26-20(8-9-20)7-6-11-4-5-13(22)10-14(11)23/h4-7,10,12H,2-3,8-9H2,1H3,(H,24,25,26). The summed E-state index contributed by atoms with van der Waals surface area (Å²) in [5.41, 5.74) is -0.127. The maximum atomic E-state index is 13.9. The van der Waals surface area contributed by atoms with Gasteiger partial charge in [0.2, 0.25) is 0 Å². The zero-order chi connectivity index (χ0) is 19.9. The van der Waals surface area contributed by atoms with Crippen LogP contribution in [0.15, 0.2) is 24.3 Å². The third kappa shape index (κ3) is 3.85. The lowest BCUT2D eigenvalue weighted by atomic mass is 10.1. The lowest BCUT2D eigenvalue weighted by molar-refractivity contribution is 0.0593. The number of ether oxygens (including phenoxy) is 1. The molecule has 2 aliphatic carbocycles. The molecule has 8 heteroatoms. The van der Waals surface area contributed by atoms with Crippen molar-refractivity contribution in [3.8, 4) is 0 Å². The van der Waals surface area contributed by atoms with Crippen LogP contribution in [0.25, 0.3) is 6.08 Å². The van der Waals surface area contributed by atoms with E-state index in [2.05, 4.69) is 15.3 Å². The first-order valence-corrected chi connectivity index (χ1v) is 9.37. The van der Waals surface area contributed by atoms with Crippen LogP contribution in [0, 0.1) is 11.6 Å². The van der Waals surface area contributed by atoms with Gasteiger partial charge in [-0.05, 0) is 37.8 Å². The quantitative estimate of drug-likeness (QED) is 0.704. The van der Waals surface area contributed by atoms with Gasteiger partial charge in [0.15, 0.2) is 5.69 Å². The Kier molecular flexibility index (Phi) is 4.79. The maximum Gasteiger partial charge on any atom is 0.358 e. The fraction of sp³-hybridized carbons (Fsp3) is 0.350. The molecule has 5 nitrogen and oxygen atoms in total. The van der Waals surface area contributed by atoms with Crippen molar-refractivity contribution in [1.29, 1.82) is 0 Å². The number of hydrogen-bond donors (Lipinski definition) is 1. The van der Waals surface area contributed by atoms with E-state index in [1.165, 1.54) is 19.2 Å². The Balaban J connectivity index is 1.61. The highest BCUT2D eigenvalue weighted by atomic mass is 35.5. The summed E-state index contributed by atoms with van der Waals surface area (Å²) < 4.78 is 31.7. The van der Waals surface area contributed by atoms with E-state index < -0.39 is 23.1 Å². The number of carbonyl (C=O) groups excluding carboxylic acids is 1. The number of nitrogens with zero attached hydrogens (tertiary/aromatic N) is 2. The van der Waals surface area contributed by atoms with Crippen LogP contribution in [0.5, 0.6) is 0 Å². The van der Waals surface area contributed by atoms with Gasteiger partial charge in [0.05, 0.1) is 12.6 Å². The molecule has 0 radical (unpaired) electrons. The van der Waals surface area contributed by atoms with Gasteiger partial charge in [-0.25, -0.2) is 23.5 Å². The van der Waals surface area contributed by atoms with Gasteiger partial charge in [0.1, 0.15) is 28.3 Å². The van der Waals surface area contributed by atoms with Crippen molar-refractivity contribution in [3.05, 3.63) is 58.0 Å². The summed E-state index contributed by atoms with van der Waals surface area (Å²) in [6, 6.07) is 3.44. The maximum absolute atomic E-state index is 13.9. The van der Waals surface area contributed by atoms with Crippen molar-refractivity contribution < 1.29 is 18.3 Å². The molecule has 1 aromatic carbocycles. The van der Waals surface area contributed by atoms with Gasteiger partial charge in [-0.2, -0.15) is 0 Å². The Bertz CT molecular complexity index is 972. The van der Waals surface area contributed by atoms with Crippen molar-refractivity contribution in [2.24, 2.45) is 0 Å². The van der Waals surface area contributed by atoms with Gasteiger partial charge in [-0.1, -0.05) is 23.8 Å². The van der Waals surface area contributed by atoms with Gasteiger partial charge < -0.3 is 10.1 Å². The molecular formula is C20H18ClF2N3O2. The van der Waals surface area contributed by atoms with Crippen molar-refractivity contribution in [2.75, 3.05) is 12.4 Å². The lowest BCUT2D eigenvalue weighted by Crippen LogP contribution is -2.21. The molecule has 0 amide bonds. The molecule has 2 fully saturated rings. The van der Waals surface area contributed by atoms with Crippen molar-refractivity contribution in [1.82, 2.24) is 9.97 Å². The van der Waals surface area contributed by atoms with Crippen LogP contribution < -0.4 is 5.32 Å². The summed E-state index contributed by atoms with van der Waals surface area (Å²) in [5, 5.41) is 3.37. The van der Waals surface area contributed by atoms with Crippen LogP contribution in [0.1, 0.15) is 53.5 Å². The summed E-state index contributed by atoms with van der Waals surface area (Å²) >= 11 is 6.36. The predicted molar refractivity (Wildman–Crippen MR) is 101 cm³/mol. The van der Waals surface area contributed by atoms with Gasteiger partial charge in [-0.15, -0.1) is 0 Å². The largest absolute Gasteiger partial charge is 0.464 e. The average Bonchev–Trinajstić information content (AvgIpc) is 3.58. The number of anilines is 1. The molecule has 2 saturated carbocycles. The fourth-order valence-corrected chi connectivity index (χ4v) is 3.10. The van der Waals surface area contributed by atoms with Crippen LogP contribution in [-0.4, -0.2) is 28.6 Å². The highest BCUT2D eigenvalue weighted by Crippen LogP contribution is 2.44. The Hall–Kier alpha value is -2.54. The van der Waals surface area contributed by atoms with Crippen molar-refractivity contribution in [2.45, 2.75) is 37.1 Å². The number of hydrogen-bond acceptors (Lipinski definition) is 5.